The standard InChI is InChI=1S/C13H12N/c14-13-9-5-4-8-12(13)10-11-6-2-1-3-7-11/h1-10H,14H2. The molecule has 1 radical (unpaired) electrons. The van der Waals surface area contributed by atoms with Crippen molar-refractivity contribution < 1.29 is 0 Å². The summed E-state index contributed by atoms with van der Waals surface area (Å²) in [4.78, 5) is 0. The van der Waals surface area contributed by atoms with Gasteiger partial charge in [-0.3, -0.25) is 0 Å². The van der Waals surface area contributed by atoms with Crippen LogP contribution in [0.5, 0.6) is 0 Å². The number of anilines is 1. The fourth-order valence-electron chi connectivity index (χ4n) is 1.37. The van der Waals surface area contributed by atoms with Gasteiger partial charge in [0.15, 0.2) is 0 Å². The topological polar surface area (TPSA) is 26.0 Å². The summed E-state index contributed by atoms with van der Waals surface area (Å²) in [5.41, 5.74) is 8.89. The zero-order valence-electron chi connectivity index (χ0n) is 7.85. The Kier molecular flexibility index (Phi) is 2.50. The van der Waals surface area contributed by atoms with Crippen LogP contribution in [-0.4, -0.2) is 0 Å². The van der Waals surface area contributed by atoms with Crippen molar-refractivity contribution in [1.82, 2.24) is 0 Å². The van der Waals surface area contributed by atoms with Crippen molar-refractivity contribution in [3.63, 3.8) is 0 Å². The second kappa shape index (κ2) is 3.97. The fourth-order valence-corrected chi connectivity index (χ4v) is 1.37. The van der Waals surface area contributed by atoms with E-state index in [0.717, 1.165) is 11.3 Å². The Labute approximate surface area is 84.2 Å². The Hall–Kier alpha value is -1.76. The predicted octanol–water partition coefficient (Wildman–Crippen LogP) is 2.87. The lowest BCUT2D eigenvalue weighted by atomic mass is 10.0. The summed E-state index contributed by atoms with van der Waals surface area (Å²) in [6.45, 7) is 0. The lowest BCUT2D eigenvalue weighted by molar-refractivity contribution is 1.43. The van der Waals surface area contributed by atoms with Gasteiger partial charge in [0.2, 0.25) is 0 Å². The molecule has 0 bridgehead atoms. The number of benzene rings is 2. The summed E-state index contributed by atoms with van der Waals surface area (Å²) >= 11 is 0. The van der Waals surface area contributed by atoms with E-state index >= 15 is 0 Å². The summed E-state index contributed by atoms with van der Waals surface area (Å²) in [5, 5.41) is 0. The molecule has 0 heterocycles. The summed E-state index contributed by atoms with van der Waals surface area (Å²) in [6.07, 6.45) is 2.08. The van der Waals surface area contributed by atoms with Gasteiger partial charge in [0, 0.05) is 12.1 Å². The molecule has 14 heavy (non-hydrogen) atoms. The minimum atomic E-state index is 0.816. The molecule has 1 nitrogen and oxygen atoms in total. The van der Waals surface area contributed by atoms with Crippen LogP contribution in [0.3, 0.4) is 0 Å². The van der Waals surface area contributed by atoms with Crippen molar-refractivity contribution in [2.24, 2.45) is 0 Å². The van der Waals surface area contributed by atoms with E-state index in [0.29, 0.717) is 0 Å². The first-order valence-corrected chi connectivity index (χ1v) is 4.60. The Balaban J connectivity index is 2.24. The normalized spacial score (nSPS) is 10.0. The number of nitrogens with two attached hydrogens (primary N) is 1. The molecule has 0 aromatic heterocycles. The minimum absolute atomic E-state index is 0.816. The Bertz CT molecular complexity index is 407. The largest absolute Gasteiger partial charge is 0.398 e. The lowest BCUT2D eigenvalue weighted by Gasteiger charge is -2.04. The molecule has 0 unspecified atom stereocenters. The van der Waals surface area contributed by atoms with Gasteiger partial charge in [0.25, 0.3) is 0 Å². The zero-order valence-corrected chi connectivity index (χ0v) is 7.85. The molecule has 0 amide bonds. The van der Waals surface area contributed by atoms with E-state index in [2.05, 4.69) is 18.6 Å². The number of para-hydroxylation sites is 1. The molecule has 69 valence electrons. The third-order valence-corrected chi connectivity index (χ3v) is 2.12. The van der Waals surface area contributed by atoms with Gasteiger partial charge in [0.05, 0.1) is 0 Å². The van der Waals surface area contributed by atoms with Crippen molar-refractivity contribution in [2.75, 3.05) is 5.73 Å². The van der Waals surface area contributed by atoms with E-state index in [1.807, 2.05) is 42.5 Å². The zero-order chi connectivity index (χ0) is 9.80. The van der Waals surface area contributed by atoms with E-state index in [-0.39, 0.29) is 0 Å². The van der Waals surface area contributed by atoms with Crippen LogP contribution in [0.25, 0.3) is 0 Å². The molecule has 2 N–H and O–H groups in total. The highest BCUT2D eigenvalue weighted by molar-refractivity contribution is 5.54. The lowest BCUT2D eigenvalue weighted by Crippen LogP contribution is -1.92. The van der Waals surface area contributed by atoms with Crippen molar-refractivity contribution in [1.29, 1.82) is 0 Å². The SMILES string of the molecule is Nc1ccccc1[CH]c1ccccc1. The van der Waals surface area contributed by atoms with Gasteiger partial charge in [-0.1, -0.05) is 48.5 Å². The van der Waals surface area contributed by atoms with Crippen LogP contribution in [-0.2, 0) is 0 Å². The van der Waals surface area contributed by atoms with Crippen LogP contribution in [0.2, 0.25) is 0 Å². The monoisotopic (exact) mass is 182 g/mol. The molecule has 0 aliphatic carbocycles. The van der Waals surface area contributed by atoms with Crippen LogP contribution in [0.1, 0.15) is 11.1 Å². The molecule has 0 fully saturated rings. The Morgan fingerprint density at radius 1 is 0.786 bits per heavy atom. The Morgan fingerprint density at radius 3 is 2.14 bits per heavy atom. The highest BCUT2D eigenvalue weighted by atomic mass is 14.6. The van der Waals surface area contributed by atoms with Gasteiger partial charge in [-0.2, -0.15) is 0 Å². The first-order chi connectivity index (χ1) is 6.86. The van der Waals surface area contributed by atoms with Gasteiger partial charge < -0.3 is 5.73 Å². The molecule has 0 atom stereocenters. The van der Waals surface area contributed by atoms with E-state index in [9.17, 15) is 0 Å². The van der Waals surface area contributed by atoms with E-state index < -0.39 is 0 Å². The van der Waals surface area contributed by atoms with Gasteiger partial charge >= 0.3 is 0 Å². The molecule has 2 rings (SSSR count). The smallest absolute Gasteiger partial charge is 0.0353 e. The summed E-state index contributed by atoms with van der Waals surface area (Å²) in [7, 11) is 0. The van der Waals surface area contributed by atoms with Crippen molar-refractivity contribution >= 4 is 5.69 Å². The van der Waals surface area contributed by atoms with Gasteiger partial charge in [0.1, 0.15) is 0 Å². The van der Waals surface area contributed by atoms with Crippen LogP contribution in [0.15, 0.2) is 54.6 Å². The number of hydrogen-bond acceptors (Lipinski definition) is 1. The molecular formula is C13H12N. The van der Waals surface area contributed by atoms with Crippen LogP contribution < -0.4 is 5.73 Å². The molecule has 0 saturated carbocycles. The molecule has 2 aromatic rings. The molecule has 1 heteroatoms. The minimum Gasteiger partial charge on any atom is -0.398 e. The second-order valence-electron chi connectivity index (χ2n) is 3.18. The second-order valence-corrected chi connectivity index (χ2v) is 3.18. The summed E-state index contributed by atoms with van der Waals surface area (Å²) in [6, 6.07) is 18.0. The molecular weight excluding hydrogens is 170 g/mol. The molecule has 0 aliphatic rings. The van der Waals surface area contributed by atoms with Crippen LogP contribution >= 0.6 is 0 Å². The molecule has 0 aliphatic heterocycles. The maximum Gasteiger partial charge on any atom is 0.0353 e. The average Bonchev–Trinajstić information content (AvgIpc) is 2.23. The van der Waals surface area contributed by atoms with Crippen molar-refractivity contribution in [3.05, 3.63) is 72.1 Å². The van der Waals surface area contributed by atoms with E-state index in [1.165, 1.54) is 5.56 Å². The molecule has 2 aromatic carbocycles. The molecule has 0 saturated heterocycles. The predicted molar refractivity (Wildman–Crippen MR) is 59.8 cm³/mol. The highest BCUT2D eigenvalue weighted by Crippen LogP contribution is 2.17. The average molecular weight is 182 g/mol. The molecule has 0 spiro atoms. The maximum atomic E-state index is 5.84. The fraction of sp³-hybridized carbons (Fsp3) is 0. The highest BCUT2D eigenvalue weighted by Gasteiger charge is 1.98. The quantitative estimate of drug-likeness (QED) is 0.710. The van der Waals surface area contributed by atoms with Crippen LogP contribution in [0.4, 0.5) is 5.69 Å². The number of hydrogen-bond donors (Lipinski definition) is 1. The van der Waals surface area contributed by atoms with E-state index in [1.54, 1.807) is 0 Å². The third kappa shape index (κ3) is 1.94. The third-order valence-electron chi connectivity index (χ3n) is 2.12. The number of rotatable bonds is 2. The van der Waals surface area contributed by atoms with Crippen molar-refractivity contribution in [3.8, 4) is 0 Å². The van der Waals surface area contributed by atoms with Gasteiger partial charge in [-0.25, -0.2) is 0 Å². The summed E-state index contributed by atoms with van der Waals surface area (Å²) < 4.78 is 0. The van der Waals surface area contributed by atoms with Crippen LogP contribution in [0, 0.1) is 6.42 Å². The van der Waals surface area contributed by atoms with Crippen molar-refractivity contribution in [2.45, 2.75) is 0 Å². The van der Waals surface area contributed by atoms with Gasteiger partial charge in [-0.15, -0.1) is 0 Å². The van der Waals surface area contributed by atoms with Gasteiger partial charge in [-0.05, 0) is 17.2 Å². The number of nitrogen functional groups attached to an aromatic ring is 1. The maximum absolute atomic E-state index is 5.84. The first-order valence-electron chi connectivity index (χ1n) is 4.60. The Morgan fingerprint density at radius 2 is 1.43 bits per heavy atom. The summed E-state index contributed by atoms with van der Waals surface area (Å²) in [5.74, 6) is 0. The first kappa shape index (κ1) is 8.82. The van der Waals surface area contributed by atoms with E-state index in [4.69, 9.17) is 5.73 Å².